The molecule has 3 rings (SSSR count). The molecule has 8 heteroatoms. The van der Waals surface area contributed by atoms with Gasteiger partial charge in [-0.15, -0.1) is 0 Å². The molecule has 150 valence electrons. The van der Waals surface area contributed by atoms with Gasteiger partial charge in [0, 0.05) is 11.8 Å². The number of sulfonamides is 1. The maximum atomic E-state index is 12.9. The summed E-state index contributed by atoms with van der Waals surface area (Å²) in [6, 6.07) is 17.8. The van der Waals surface area contributed by atoms with Gasteiger partial charge in [0.05, 0.1) is 24.8 Å². The van der Waals surface area contributed by atoms with Crippen LogP contribution in [0.25, 0.3) is 0 Å². The molecule has 0 saturated heterocycles. The van der Waals surface area contributed by atoms with Crippen molar-refractivity contribution in [3.63, 3.8) is 0 Å². The minimum atomic E-state index is -3.89. The Hall–Kier alpha value is -3.52. The average molecular weight is 412 g/mol. The predicted molar refractivity (Wildman–Crippen MR) is 112 cm³/mol. The zero-order valence-electron chi connectivity index (χ0n) is 15.9. The maximum Gasteiger partial charge on any atom is 0.262 e. The SMILES string of the molecule is COc1ccc(S(=O)(=O)Nc2ccccc2OC)cc1N=Cc1ccccc1O. The van der Waals surface area contributed by atoms with Crippen LogP contribution in [0.4, 0.5) is 11.4 Å². The Balaban J connectivity index is 1.96. The van der Waals surface area contributed by atoms with E-state index in [1.54, 1.807) is 42.5 Å². The zero-order valence-corrected chi connectivity index (χ0v) is 16.7. The van der Waals surface area contributed by atoms with E-state index in [9.17, 15) is 13.5 Å². The van der Waals surface area contributed by atoms with E-state index in [4.69, 9.17) is 9.47 Å². The third kappa shape index (κ3) is 4.67. The van der Waals surface area contributed by atoms with Crippen molar-refractivity contribution in [1.29, 1.82) is 0 Å². The van der Waals surface area contributed by atoms with Crippen LogP contribution >= 0.6 is 0 Å². The van der Waals surface area contributed by atoms with E-state index in [0.717, 1.165) is 0 Å². The van der Waals surface area contributed by atoms with Crippen LogP contribution in [-0.2, 0) is 10.0 Å². The first kappa shape index (κ1) is 20.2. The average Bonchev–Trinajstić information content (AvgIpc) is 2.73. The first-order valence-corrected chi connectivity index (χ1v) is 10.1. The summed E-state index contributed by atoms with van der Waals surface area (Å²) in [6.45, 7) is 0. The molecule has 29 heavy (non-hydrogen) atoms. The summed E-state index contributed by atoms with van der Waals surface area (Å²) in [5, 5.41) is 9.87. The molecule has 0 heterocycles. The molecule has 0 aliphatic carbocycles. The van der Waals surface area contributed by atoms with Crippen molar-refractivity contribution in [3.05, 3.63) is 72.3 Å². The Morgan fingerprint density at radius 2 is 1.62 bits per heavy atom. The van der Waals surface area contributed by atoms with Gasteiger partial charge in [0.25, 0.3) is 10.0 Å². The minimum Gasteiger partial charge on any atom is -0.507 e. The number of anilines is 1. The number of nitrogens with zero attached hydrogens (tertiary/aromatic N) is 1. The lowest BCUT2D eigenvalue weighted by Gasteiger charge is -2.13. The predicted octanol–water partition coefficient (Wildman–Crippen LogP) is 3.96. The van der Waals surface area contributed by atoms with Crippen LogP contribution in [0, 0.1) is 0 Å². The van der Waals surface area contributed by atoms with Crippen LogP contribution in [0.1, 0.15) is 5.56 Å². The van der Waals surface area contributed by atoms with E-state index >= 15 is 0 Å². The standard InChI is InChI=1S/C21H20N2O5S/c1-27-20-10-6-4-8-17(20)23-29(25,26)16-11-12-21(28-2)18(13-16)22-14-15-7-3-5-9-19(15)24/h3-14,23-24H,1-2H3. The molecule has 0 spiro atoms. The van der Waals surface area contributed by atoms with E-state index in [1.165, 1.54) is 44.7 Å². The van der Waals surface area contributed by atoms with Crippen LogP contribution in [-0.4, -0.2) is 34.0 Å². The van der Waals surface area contributed by atoms with Gasteiger partial charge in [-0.2, -0.15) is 0 Å². The topological polar surface area (TPSA) is 97.2 Å². The molecule has 0 amide bonds. The highest BCUT2D eigenvalue weighted by atomic mass is 32.2. The smallest absolute Gasteiger partial charge is 0.262 e. The first-order valence-electron chi connectivity index (χ1n) is 8.60. The summed E-state index contributed by atoms with van der Waals surface area (Å²) in [5.41, 5.74) is 1.12. The van der Waals surface area contributed by atoms with E-state index in [0.29, 0.717) is 28.4 Å². The van der Waals surface area contributed by atoms with Crippen molar-refractivity contribution in [2.75, 3.05) is 18.9 Å². The molecule has 0 aliphatic rings. The lowest BCUT2D eigenvalue weighted by atomic mass is 10.2. The van der Waals surface area contributed by atoms with Gasteiger partial charge < -0.3 is 14.6 Å². The van der Waals surface area contributed by atoms with Crippen molar-refractivity contribution in [2.24, 2.45) is 4.99 Å². The highest BCUT2D eigenvalue weighted by molar-refractivity contribution is 7.92. The number of hydrogen-bond acceptors (Lipinski definition) is 6. The van der Waals surface area contributed by atoms with E-state index in [1.807, 2.05) is 0 Å². The van der Waals surface area contributed by atoms with Gasteiger partial charge in [-0.3, -0.25) is 9.71 Å². The number of hydrogen-bond donors (Lipinski definition) is 2. The lowest BCUT2D eigenvalue weighted by Crippen LogP contribution is -2.13. The molecule has 0 bridgehead atoms. The van der Waals surface area contributed by atoms with Crippen molar-refractivity contribution in [3.8, 4) is 17.2 Å². The maximum absolute atomic E-state index is 12.9. The summed E-state index contributed by atoms with van der Waals surface area (Å²) in [6.07, 6.45) is 1.44. The highest BCUT2D eigenvalue weighted by Gasteiger charge is 2.18. The van der Waals surface area contributed by atoms with Gasteiger partial charge in [-0.05, 0) is 42.5 Å². The first-order chi connectivity index (χ1) is 13.9. The number of aromatic hydroxyl groups is 1. The molecule has 7 nitrogen and oxygen atoms in total. The summed E-state index contributed by atoms with van der Waals surface area (Å²) in [7, 11) is -0.961. The second-order valence-corrected chi connectivity index (χ2v) is 7.64. The molecule has 0 unspecified atom stereocenters. The lowest BCUT2D eigenvalue weighted by molar-refractivity contribution is 0.416. The molecule has 3 aromatic carbocycles. The number of phenols is 1. The summed E-state index contributed by atoms with van der Waals surface area (Å²) in [5.74, 6) is 0.868. The summed E-state index contributed by atoms with van der Waals surface area (Å²) < 4.78 is 38.7. The Bertz CT molecular complexity index is 1140. The van der Waals surface area contributed by atoms with Gasteiger partial charge in [0.15, 0.2) is 0 Å². The number of rotatable bonds is 7. The van der Waals surface area contributed by atoms with Crippen molar-refractivity contribution in [1.82, 2.24) is 0 Å². The second-order valence-electron chi connectivity index (χ2n) is 5.96. The normalized spacial score (nSPS) is 11.4. The van der Waals surface area contributed by atoms with Crippen LogP contribution < -0.4 is 14.2 Å². The fraction of sp³-hybridized carbons (Fsp3) is 0.0952. The number of phenolic OH excluding ortho intramolecular Hbond substituents is 1. The molecule has 0 aromatic heterocycles. The zero-order chi connectivity index (χ0) is 20.9. The number of para-hydroxylation sites is 3. The van der Waals surface area contributed by atoms with Gasteiger partial charge in [0.1, 0.15) is 22.9 Å². The van der Waals surface area contributed by atoms with Crippen molar-refractivity contribution < 1.29 is 23.0 Å². The van der Waals surface area contributed by atoms with Crippen molar-refractivity contribution in [2.45, 2.75) is 4.90 Å². The number of nitrogens with one attached hydrogen (secondary N) is 1. The van der Waals surface area contributed by atoms with E-state index < -0.39 is 10.0 Å². The molecule has 3 aromatic rings. The Labute approximate surface area is 169 Å². The van der Waals surface area contributed by atoms with Gasteiger partial charge in [-0.25, -0.2) is 8.42 Å². The van der Waals surface area contributed by atoms with Gasteiger partial charge in [-0.1, -0.05) is 24.3 Å². The molecular formula is C21H20N2O5S. The van der Waals surface area contributed by atoms with E-state index in [2.05, 4.69) is 9.71 Å². The monoisotopic (exact) mass is 412 g/mol. The summed E-state index contributed by atoms with van der Waals surface area (Å²) >= 11 is 0. The molecule has 2 N–H and O–H groups in total. The van der Waals surface area contributed by atoms with Crippen LogP contribution in [0.5, 0.6) is 17.2 Å². The van der Waals surface area contributed by atoms with E-state index in [-0.39, 0.29) is 10.6 Å². The molecule has 0 aliphatic heterocycles. The Morgan fingerprint density at radius 1 is 0.931 bits per heavy atom. The largest absolute Gasteiger partial charge is 0.507 e. The fourth-order valence-electron chi connectivity index (χ4n) is 2.61. The number of ether oxygens (including phenoxy) is 2. The quantitative estimate of drug-likeness (QED) is 0.573. The van der Waals surface area contributed by atoms with Gasteiger partial charge in [0.2, 0.25) is 0 Å². The molecular weight excluding hydrogens is 392 g/mol. The molecule has 0 saturated carbocycles. The minimum absolute atomic E-state index is 0.00800. The summed E-state index contributed by atoms with van der Waals surface area (Å²) in [4.78, 5) is 4.30. The van der Waals surface area contributed by atoms with Crippen molar-refractivity contribution >= 4 is 27.6 Å². The molecule has 0 radical (unpaired) electrons. The fourth-order valence-corrected chi connectivity index (χ4v) is 3.70. The Morgan fingerprint density at radius 3 is 2.34 bits per heavy atom. The van der Waals surface area contributed by atoms with Crippen LogP contribution in [0.2, 0.25) is 0 Å². The number of methoxy groups -OCH3 is 2. The third-order valence-corrected chi connectivity index (χ3v) is 5.45. The van der Waals surface area contributed by atoms with Gasteiger partial charge >= 0.3 is 0 Å². The van der Waals surface area contributed by atoms with Crippen LogP contribution in [0.15, 0.2) is 76.6 Å². The highest BCUT2D eigenvalue weighted by Crippen LogP contribution is 2.32. The number of aliphatic imine (C=N–C) groups is 1. The third-order valence-electron chi connectivity index (χ3n) is 4.09. The second kappa shape index (κ2) is 8.66. The van der Waals surface area contributed by atoms with Crippen LogP contribution in [0.3, 0.4) is 0 Å². The molecule has 0 atom stereocenters. The molecule has 0 fully saturated rings. The Kier molecular flexibility index (Phi) is 6.04. The number of benzene rings is 3.